The third kappa shape index (κ3) is 6.29. The highest BCUT2D eigenvalue weighted by atomic mass is 16.5. The second kappa shape index (κ2) is 12.5. The molecule has 9 nitrogen and oxygen atoms in total. The molecule has 0 bridgehead atoms. The first kappa shape index (κ1) is 26.5. The first-order valence-corrected chi connectivity index (χ1v) is 12.1. The van der Waals surface area contributed by atoms with Crippen LogP contribution in [0.15, 0.2) is 64.2 Å². The zero-order valence-corrected chi connectivity index (χ0v) is 20.7. The highest BCUT2D eigenvalue weighted by Crippen LogP contribution is 2.19. The molecule has 0 aliphatic carbocycles. The Labute approximate surface area is 209 Å². The molecule has 0 radical (unpaired) electrons. The van der Waals surface area contributed by atoms with Gasteiger partial charge in [0.15, 0.2) is 12.3 Å². The summed E-state index contributed by atoms with van der Waals surface area (Å²) >= 11 is 0. The molecule has 1 amide bonds. The summed E-state index contributed by atoms with van der Waals surface area (Å²) in [5, 5.41) is 0. The minimum atomic E-state index is -0.756. The number of aromatic amines is 1. The lowest BCUT2D eigenvalue weighted by molar-refractivity contribution is -0.121. The average Bonchev–Trinajstić information content (AvgIpc) is 2.87. The summed E-state index contributed by atoms with van der Waals surface area (Å²) in [6.07, 6.45) is 2.49. The van der Waals surface area contributed by atoms with Crippen LogP contribution in [0.1, 0.15) is 54.6 Å². The van der Waals surface area contributed by atoms with Gasteiger partial charge in [0, 0.05) is 13.1 Å². The van der Waals surface area contributed by atoms with Gasteiger partial charge in [-0.3, -0.25) is 19.1 Å². The third-order valence-corrected chi connectivity index (χ3v) is 5.77. The summed E-state index contributed by atoms with van der Waals surface area (Å²) in [5.74, 6) is -1.33. The van der Waals surface area contributed by atoms with E-state index in [4.69, 9.17) is 10.5 Å². The van der Waals surface area contributed by atoms with E-state index in [1.165, 1.54) is 9.47 Å². The normalized spacial score (nSPS) is 10.7. The summed E-state index contributed by atoms with van der Waals surface area (Å²) in [7, 11) is 0. The maximum Gasteiger partial charge on any atom is 0.338 e. The number of anilines is 2. The van der Waals surface area contributed by atoms with Crippen molar-refractivity contribution in [2.75, 3.05) is 23.8 Å². The van der Waals surface area contributed by atoms with Gasteiger partial charge in [-0.15, -0.1) is 0 Å². The van der Waals surface area contributed by atoms with Gasteiger partial charge in [0.1, 0.15) is 5.82 Å². The summed E-state index contributed by atoms with van der Waals surface area (Å²) in [6.45, 7) is 3.71. The number of amides is 1. The monoisotopic (exact) mass is 492 g/mol. The third-order valence-electron chi connectivity index (χ3n) is 5.77. The standard InChI is InChI=1S/C27H32N4O5/c1-3-5-16-30(23-24(28)31(15-4-2)27(35)29-25(23)33)22(32)18-36-26(34)21-14-10-9-13-20(21)17-19-11-7-6-8-12-19/h6-14H,3-5,15-18,28H2,1-2H3,(H,29,33,35). The van der Waals surface area contributed by atoms with Crippen LogP contribution in [-0.2, 0) is 22.5 Å². The van der Waals surface area contributed by atoms with Crippen molar-refractivity contribution in [3.05, 3.63) is 92.1 Å². The van der Waals surface area contributed by atoms with Crippen LogP contribution in [0, 0.1) is 0 Å². The molecule has 0 saturated carbocycles. The van der Waals surface area contributed by atoms with E-state index in [0.717, 1.165) is 17.5 Å². The van der Waals surface area contributed by atoms with Crippen LogP contribution in [-0.4, -0.2) is 34.6 Å². The van der Waals surface area contributed by atoms with Crippen LogP contribution in [0.5, 0.6) is 0 Å². The molecule has 0 aliphatic heterocycles. The zero-order chi connectivity index (χ0) is 26.1. The molecule has 2 aromatic carbocycles. The van der Waals surface area contributed by atoms with Gasteiger partial charge in [0.25, 0.3) is 11.5 Å². The van der Waals surface area contributed by atoms with Crippen molar-refractivity contribution in [1.82, 2.24) is 9.55 Å². The van der Waals surface area contributed by atoms with Crippen LogP contribution in [0.3, 0.4) is 0 Å². The predicted octanol–water partition coefficient (Wildman–Crippen LogP) is 3.11. The Hall–Kier alpha value is -4.14. The Kier molecular flexibility index (Phi) is 9.21. The van der Waals surface area contributed by atoms with Crippen molar-refractivity contribution in [2.45, 2.75) is 46.1 Å². The van der Waals surface area contributed by atoms with Crippen LogP contribution >= 0.6 is 0 Å². The molecule has 3 aromatic rings. The Bertz CT molecular complexity index is 1310. The number of nitrogens with zero attached hydrogens (tertiary/aromatic N) is 2. The number of hydrogen-bond donors (Lipinski definition) is 2. The van der Waals surface area contributed by atoms with E-state index in [1.54, 1.807) is 12.1 Å². The minimum absolute atomic E-state index is 0.0883. The number of nitrogen functional groups attached to an aromatic ring is 1. The summed E-state index contributed by atoms with van der Waals surface area (Å²) in [6, 6.07) is 16.8. The lowest BCUT2D eigenvalue weighted by atomic mass is 10.00. The first-order chi connectivity index (χ1) is 17.4. The molecule has 0 spiro atoms. The SMILES string of the molecule is CCCCN(C(=O)COC(=O)c1ccccc1Cc1ccccc1)c1c(N)n(CCC)c(=O)[nH]c1=O. The van der Waals surface area contributed by atoms with Crippen molar-refractivity contribution in [3.8, 4) is 0 Å². The van der Waals surface area contributed by atoms with Crippen molar-refractivity contribution < 1.29 is 14.3 Å². The van der Waals surface area contributed by atoms with Crippen molar-refractivity contribution >= 4 is 23.4 Å². The summed E-state index contributed by atoms with van der Waals surface area (Å²) < 4.78 is 6.61. The summed E-state index contributed by atoms with van der Waals surface area (Å²) in [5.41, 5.74) is 6.84. The summed E-state index contributed by atoms with van der Waals surface area (Å²) in [4.78, 5) is 54.4. The molecule has 1 heterocycles. The van der Waals surface area contributed by atoms with Crippen molar-refractivity contribution in [3.63, 3.8) is 0 Å². The number of nitrogens with two attached hydrogens (primary N) is 1. The highest BCUT2D eigenvalue weighted by Gasteiger charge is 2.25. The number of carbonyl (C=O) groups is 2. The molecule has 36 heavy (non-hydrogen) atoms. The second-order valence-electron chi connectivity index (χ2n) is 8.44. The van der Waals surface area contributed by atoms with Gasteiger partial charge < -0.3 is 15.4 Å². The number of H-pyrrole nitrogens is 1. The predicted molar refractivity (Wildman–Crippen MR) is 139 cm³/mol. The first-order valence-electron chi connectivity index (χ1n) is 12.1. The van der Waals surface area contributed by atoms with E-state index in [1.807, 2.05) is 56.3 Å². The molecular formula is C27H32N4O5. The molecule has 0 saturated heterocycles. The number of nitrogens with one attached hydrogen (secondary N) is 1. The second-order valence-corrected chi connectivity index (χ2v) is 8.44. The molecule has 3 rings (SSSR count). The molecule has 9 heteroatoms. The maximum absolute atomic E-state index is 13.2. The largest absolute Gasteiger partial charge is 0.452 e. The smallest absolute Gasteiger partial charge is 0.338 e. The van der Waals surface area contributed by atoms with Crippen LogP contribution in [0.25, 0.3) is 0 Å². The number of esters is 1. The Morgan fingerprint density at radius 3 is 2.39 bits per heavy atom. The zero-order valence-electron chi connectivity index (χ0n) is 20.7. The number of hydrogen-bond acceptors (Lipinski definition) is 6. The van der Waals surface area contributed by atoms with E-state index in [9.17, 15) is 19.2 Å². The number of carbonyl (C=O) groups excluding carboxylic acids is 2. The molecule has 3 N–H and O–H groups in total. The van der Waals surface area contributed by atoms with Crippen molar-refractivity contribution in [2.24, 2.45) is 0 Å². The quantitative estimate of drug-likeness (QED) is 0.396. The van der Waals surface area contributed by atoms with Crippen LogP contribution in [0.2, 0.25) is 0 Å². The van der Waals surface area contributed by atoms with Gasteiger partial charge in [-0.2, -0.15) is 0 Å². The fraction of sp³-hybridized carbons (Fsp3) is 0.333. The molecule has 0 aliphatic rings. The molecule has 190 valence electrons. The van der Waals surface area contributed by atoms with Gasteiger partial charge >= 0.3 is 11.7 Å². The van der Waals surface area contributed by atoms with Crippen LogP contribution < -0.4 is 21.9 Å². The van der Waals surface area contributed by atoms with Gasteiger partial charge in [-0.25, -0.2) is 9.59 Å². The van der Waals surface area contributed by atoms with E-state index >= 15 is 0 Å². The number of aromatic nitrogens is 2. The van der Waals surface area contributed by atoms with E-state index in [2.05, 4.69) is 4.98 Å². The Balaban J connectivity index is 1.82. The number of ether oxygens (including phenoxy) is 1. The van der Waals surface area contributed by atoms with E-state index in [-0.39, 0.29) is 24.6 Å². The molecule has 0 fully saturated rings. The van der Waals surface area contributed by atoms with Gasteiger partial charge in [-0.05, 0) is 36.5 Å². The minimum Gasteiger partial charge on any atom is -0.452 e. The molecule has 1 aromatic heterocycles. The Morgan fingerprint density at radius 1 is 1.00 bits per heavy atom. The maximum atomic E-state index is 13.2. The van der Waals surface area contributed by atoms with Crippen molar-refractivity contribution in [1.29, 1.82) is 0 Å². The molecule has 0 unspecified atom stereocenters. The fourth-order valence-electron chi connectivity index (χ4n) is 3.93. The topological polar surface area (TPSA) is 127 Å². The van der Waals surface area contributed by atoms with Gasteiger partial charge in [0.05, 0.1) is 5.56 Å². The molecule has 0 atom stereocenters. The fourth-order valence-corrected chi connectivity index (χ4v) is 3.93. The lowest BCUT2D eigenvalue weighted by Gasteiger charge is -2.24. The average molecular weight is 493 g/mol. The molecular weight excluding hydrogens is 460 g/mol. The lowest BCUT2D eigenvalue weighted by Crippen LogP contribution is -2.43. The number of unbranched alkanes of at least 4 members (excludes halogenated alkanes) is 1. The number of benzene rings is 2. The number of rotatable bonds is 11. The van der Waals surface area contributed by atoms with E-state index in [0.29, 0.717) is 24.8 Å². The highest BCUT2D eigenvalue weighted by molar-refractivity contribution is 5.99. The van der Waals surface area contributed by atoms with Gasteiger partial charge in [-0.1, -0.05) is 68.8 Å². The van der Waals surface area contributed by atoms with Crippen LogP contribution in [0.4, 0.5) is 11.5 Å². The van der Waals surface area contributed by atoms with Gasteiger partial charge in [0.2, 0.25) is 0 Å². The van der Waals surface area contributed by atoms with E-state index < -0.39 is 29.7 Å². The Morgan fingerprint density at radius 2 is 1.69 bits per heavy atom.